The van der Waals surface area contributed by atoms with Gasteiger partial charge in [-0.05, 0) is 30.7 Å². The summed E-state index contributed by atoms with van der Waals surface area (Å²) in [5.41, 5.74) is 1.32. The number of aromatic nitrogens is 1. The predicted octanol–water partition coefficient (Wildman–Crippen LogP) is 3.97. The predicted molar refractivity (Wildman–Crippen MR) is 100 cm³/mol. The van der Waals surface area contributed by atoms with Crippen LogP contribution in [0.4, 0.5) is 0 Å². The van der Waals surface area contributed by atoms with Crippen LogP contribution >= 0.6 is 23.2 Å². The third-order valence-electron chi connectivity index (χ3n) is 3.90. The number of halogens is 2. The fraction of sp³-hybridized carbons (Fsp3) is 0.0588. The number of nitrogens with two attached hydrogens (primary N) is 1. The summed E-state index contributed by atoms with van der Waals surface area (Å²) >= 11 is 12.0. The van der Waals surface area contributed by atoms with Gasteiger partial charge in [0.05, 0.1) is 26.1 Å². The number of carboxylic acid groups (broad SMARTS) is 1. The first-order valence-electron chi connectivity index (χ1n) is 7.42. The van der Waals surface area contributed by atoms with E-state index in [-0.39, 0.29) is 31.8 Å². The molecule has 0 radical (unpaired) electrons. The lowest BCUT2D eigenvalue weighted by Gasteiger charge is -2.09. The number of carboxylic acids is 1. The highest BCUT2D eigenvalue weighted by Gasteiger charge is 2.25. The summed E-state index contributed by atoms with van der Waals surface area (Å²) in [6.45, 7) is 1.65. The summed E-state index contributed by atoms with van der Waals surface area (Å²) in [7, 11) is -3.84. The largest absolute Gasteiger partial charge is 0.478 e. The molecule has 1 heterocycles. The van der Waals surface area contributed by atoms with Crippen LogP contribution in [0.2, 0.25) is 10.0 Å². The number of primary sulfonamides is 1. The quantitative estimate of drug-likeness (QED) is 0.650. The Kier molecular flexibility index (Phi) is 5.00. The molecule has 1 aromatic heterocycles. The second kappa shape index (κ2) is 6.97. The van der Waals surface area contributed by atoms with Crippen molar-refractivity contribution in [1.82, 2.24) is 5.16 Å². The molecule has 0 unspecified atom stereocenters. The van der Waals surface area contributed by atoms with E-state index in [0.29, 0.717) is 16.9 Å². The van der Waals surface area contributed by atoms with Gasteiger partial charge in [0.25, 0.3) is 0 Å². The molecule has 0 saturated heterocycles. The number of rotatable bonds is 4. The Labute approximate surface area is 164 Å². The van der Waals surface area contributed by atoms with E-state index < -0.39 is 16.0 Å². The van der Waals surface area contributed by atoms with Crippen molar-refractivity contribution in [2.45, 2.75) is 11.8 Å². The highest BCUT2D eigenvalue weighted by molar-refractivity contribution is 7.89. The molecule has 0 aliphatic carbocycles. The SMILES string of the molecule is Cc1onc(-c2ccc(Cl)c(Cl)c2C(=O)O)c1-c1ccc(S(N)(=O)=O)cc1. The van der Waals surface area contributed by atoms with E-state index >= 15 is 0 Å². The molecular weight excluding hydrogens is 415 g/mol. The van der Waals surface area contributed by atoms with Crippen LogP contribution in [0, 0.1) is 6.92 Å². The molecule has 0 amide bonds. The zero-order valence-electron chi connectivity index (χ0n) is 13.7. The Morgan fingerprint density at radius 3 is 2.33 bits per heavy atom. The number of aromatic carboxylic acids is 1. The van der Waals surface area contributed by atoms with Gasteiger partial charge in [-0.2, -0.15) is 0 Å². The standard InChI is InChI=1S/C17H12Cl2N2O5S/c1-8-13(9-2-4-10(5-3-9)27(20,24)25)16(21-26-8)11-6-7-12(18)15(19)14(11)17(22)23/h2-7H,1H3,(H,22,23)(H2,20,24,25). The maximum absolute atomic E-state index is 11.7. The van der Waals surface area contributed by atoms with Crippen molar-refractivity contribution in [3.63, 3.8) is 0 Å². The molecule has 27 heavy (non-hydrogen) atoms. The van der Waals surface area contributed by atoms with Crippen LogP contribution in [0.15, 0.2) is 45.8 Å². The molecule has 0 spiro atoms. The van der Waals surface area contributed by atoms with Gasteiger partial charge in [-0.1, -0.05) is 46.6 Å². The second-order valence-electron chi connectivity index (χ2n) is 5.62. The topological polar surface area (TPSA) is 123 Å². The Morgan fingerprint density at radius 1 is 1.15 bits per heavy atom. The number of sulfonamides is 1. The van der Waals surface area contributed by atoms with Crippen LogP contribution < -0.4 is 5.14 Å². The molecule has 0 bridgehead atoms. The molecule has 0 aliphatic heterocycles. The van der Waals surface area contributed by atoms with Crippen molar-refractivity contribution in [2.75, 3.05) is 0 Å². The van der Waals surface area contributed by atoms with Gasteiger partial charge in [-0.25, -0.2) is 18.4 Å². The number of benzene rings is 2. The lowest BCUT2D eigenvalue weighted by atomic mass is 9.96. The molecule has 3 aromatic rings. The third kappa shape index (κ3) is 3.57. The van der Waals surface area contributed by atoms with Crippen molar-refractivity contribution >= 4 is 39.2 Å². The van der Waals surface area contributed by atoms with Gasteiger partial charge in [0.15, 0.2) is 0 Å². The first kappa shape index (κ1) is 19.4. The van der Waals surface area contributed by atoms with Gasteiger partial charge in [0.1, 0.15) is 11.5 Å². The number of carbonyl (C=O) groups is 1. The van der Waals surface area contributed by atoms with E-state index in [1.807, 2.05) is 0 Å². The highest BCUT2D eigenvalue weighted by Crippen LogP contribution is 2.40. The van der Waals surface area contributed by atoms with Gasteiger partial charge in [-0.3, -0.25) is 0 Å². The highest BCUT2D eigenvalue weighted by atomic mass is 35.5. The van der Waals surface area contributed by atoms with Gasteiger partial charge in [0, 0.05) is 5.56 Å². The van der Waals surface area contributed by atoms with Crippen molar-refractivity contribution < 1.29 is 22.8 Å². The number of hydrogen-bond donors (Lipinski definition) is 2. The first-order valence-corrected chi connectivity index (χ1v) is 9.72. The smallest absolute Gasteiger partial charge is 0.337 e. The maximum atomic E-state index is 11.7. The Balaban J connectivity index is 2.23. The van der Waals surface area contributed by atoms with E-state index in [1.165, 1.54) is 36.4 Å². The average molecular weight is 427 g/mol. The minimum Gasteiger partial charge on any atom is -0.478 e. The number of hydrogen-bond acceptors (Lipinski definition) is 5. The molecule has 3 N–H and O–H groups in total. The van der Waals surface area contributed by atoms with Crippen molar-refractivity contribution in [3.8, 4) is 22.4 Å². The van der Waals surface area contributed by atoms with Crippen molar-refractivity contribution in [2.24, 2.45) is 5.14 Å². The summed E-state index contributed by atoms with van der Waals surface area (Å²) in [5, 5.41) is 18.6. The average Bonchev–Trinajstić information content (AvgIpc) is 2.97. The molecular formula is C17H12Cl2N2O5S. The Hall–Kier alpha value is -2.39. The fourth-order valence-corrected chi connectivity index (χ4v) is 3.58. The normalized spacial score (nSPS) is 11.6. The van der Waals surface area contributed by atoms with Gasteiger partial charge < -0.3 is 9.63 Å². The van der Waals surface area contributed by atoms with Crippen LogP contribution in [0.3, 0.4) is 0 Å². The van der Waals surface area contributed by atoms with E-state index in [0.717, 1.165) is 0 Å². The number of aryl methyl sites for hydroxylation is 1. The Morgan fingerprint density at radius 2 is 1.78 bits per heavy atom. The van der Waals surface area contributed by atoms with Crippen LogP contribution in [0.5, 0.6) is 0 Å². The van der Waals surface area contributed by atoms with E-state index in [2.05, 4.69) is 5.16 Å². The molecule has 0 atom stereocenters. The summed E-state index contributed by atoms with van der Waals surface area (Å²) in [5.74, 6) is -0.857. The van der Waals surface area contributed by atoms with Gasteiger partial charge in [-0.15, -0.1) is 0 Å². The fourth-order valence-electron chi connectivity index (χ4n) is 2.66. The summed E-state index contributed by atoms with van der Waals surface area (Å²) in [4.78, 5) is 11.6. The van der Waals surface area contributed by atoms with E-state index in [9.17, 15) is 18.3 Å². The molecule has 0 aliphatic rings. The lowest BCUT2D eigenvalue weighted by molar-refractivity contribution is 0.0698. The maximum Gasteiger partial charge on any atom is 0.337 e. The van der Waals surface area contributed by atoms with Gasteiger partial charge in [0.2, 0.25) is 10.0 Å². The van der Waals surface area contributed by atoms with Crippen LogP contribution in [-0.2, 0) is 10.0 Å². The molecule has 0 fully saturated rings. The third-order valence-corrected chi connectivity index (χ3v) is 5.63. The first-order chi connectivity index (χ1) is 12.6. The summed E-state index contributed by atoms with van der Waals surface area (Å²) in [6.07, 6.45) is 0. The Bertz CT molecular complexity index is 1150. The van der Waals surface area contributed by atoms with Crippen molar-refractivity contribution in [3.05, 3.63) is 57.8 Å². The van der Waals surface area contributed by atoms with E-state index in [1.54, 1.807) is 6.92 Å². The second-order valence-corrected chi connectivity index (χ2v) is 7.97. The monoisotopic (exact) mass is 426 g/mol. The zero-order chi connectivity index (χ0) is 19.9. The van der Waals surface area contributed by atoms with Crippen LogP contribution in [0.25, 0.3) is 22.4 Å². The van der Waals surface area contributed by atoms with Crippen LogP contribution in [0.1, 0.15) is 16.1 Å². The molecule has 10 heteroatoms. The number of nitrogens with zero attached hydrogens (tertiary/aromatic N) is 1. The molecule has 2 aromatic carbocycles. The molecule has 7 nitrogen and oxygen atoms in total. The minimum atomic E-state index is -3.84. The molecule has 140 valence electrons. The molecule has 0 saturated carbocycles. The van der Waals surface area contributed by atoms with Crippen LogP contribution in [-0.4, -0.2) is 24.7 Å². The minimum absolute atomic E-state index is 0.0531. The van der Waals surface area contributed by atoms with E-state index in [4.69, 9.17) is 32.9 Å². The molecule has 3 rings (SSSR count). The lowest BCUT2D eigenvalue weighted by Crippen LogP contribution is -2.11. The van der Waals surface area contributed by atoms with Crippen molar-refractivity contribution in [1.29, 1.82) is 0 Å². The zero-order valence-corrected chi connectivity index (χ0v) is 16.1. The van der Waals surface area contributed by atoms with Gasteiger partial charge >= 0.3 is 5.97 Å². The summed E-state index contributed by atoms with van der Waals surface area (Å²) in [6, 6.07) is 8.68. The summed E-state index contributed by atoms with van der Waals surface area (Å²) < 4.78 is 28.1.